The lowest BCUT2D eigenvalue weighted by Crippen LogP contribution is -2.49. The van der Waals surface area contributed by atoms with Crippen LogP contribution in [0.25, 0.3) is 10.9 Å². The fourth-order valence-electron chi connectivity index (χ4n) is 4.38. The average molecular weight is 410 g/mol. The molecule has 1 aliphatic heterocycles. The fraction of sp³-hybridized carbons (Fsp3) is 0.375. The third-order valence-corrected chi connectivity index (χ3v) is 6.28. The summed E-state index contributed by atoms with van der Waals surface area (Å²) in [5.41, 5.74) is 5.52. The number of carbonyl (C=O) groups is 1. The second kappa shape index (κ2) is 8.11. The van der Waals surface area contributed by atoms with Gasteiger partial charge in [-0.1, -0.05) is 30.7 Å². The van der Waals surface area contributed by atoms with Crippen molar-refractivity contribution in [3.05, 3.63) is 64.3 Å². The smallest absolute Gasteiger partial charge is 0.270 e. The zero-order valence-electron chi connectivity index (χ0n) is 17.4. The number of aromatic nitrogens is 1. The van der Waals surface area contributed by atoms with Crippen LogP contribution in [0.15, 0.2) is 42.5 Å². The Balaban J connectivity index is 1.59. The number of hydrogen-bond donors (Lipinski definition) is 0. The van der Waals surface area contributed by atoms with Gasteiger partial charge in [0, 0.05) is 54.3 Å². The molecule has 0 saturated carbocycles. The number of carbonyl (C=O) groups excluding carboxylic acids is 1. The maximum absolute atomic E-state index is 13.5. The van der Waals surface area contributed by atoms with E-state index in [9.17, 15) is 4.79 Å². The maximum Gasteiger partial charge on any atom is 0.270 e. The molecule has 0 bridgehead atoms. The highest BCUT2D eigenvalue weighted by atomic mass is 35.5. The molecule has 2 aromatic carbocycles. The predicted octanol–water partition coefficient (Wildman–Crippen LogP) is 5.15. The van der Waals surface area contributed by atoms with Crippen LogP contribution in [0.2, 0.25) is 5.02 Å². The van der Waals surface area contributed by atoms with Crippen LogP contribution in [0.5, 0.6) is 0 Å². The summed E-state index contributed by atoms with van der Waals surface area (Å²) in [6.45, 7) is 10.2. The van der Waals surface area contributed by atoms with E-state index in [1.807, 2.05) is 23.1 Å². The Morgan fingerprint density at radius 3 is 2.45 bits per heavy atom. The normalized spacial score (nSPS) is 14.6. The SMILES string of the molecule is CCc1ccc2c(c1)c(C)c(C(=O)N1CCN(c3cccc(Cl)c3)CC1)n2CC. The first-order chi connectivity index (χ1) is 14.0. The summed E-state index contributed by atoms with van der Waals surface area (Å²) < 4.78 is 2.18. The molecule has 0 aliphatic carbocycles. The standard InChI is InChI=1S/C24H28ClN3O/c1-4-18-9-10-22-21(15-18)17(3)23(28(22)5-2)24(29)27-13-11-26(12-14-27)20-8-6-7-19(25)16-20/h6-10,15-16H,4-5,11-14H2,1-3H3. The average Bonchev–Trinajstić information content (AvgIpc) is 3.04. The van der Waals surface area contributed by atoms with Crippen molar-refractivity contribution in [2.75, 3.05) is 31.1 Å². The first-order valence-electron chi connectivity index (χ1n) is 10.4. The second-order valence-electron chi connectivity index (χ2n) is 7.68. The topological polar surface area (TPSA) is 28.5 Å². The van der Waals surface area contributed by atoms with Crippen molar-refractivity contribution in [2.45, 2.75) is 33.7 Å². The number of aryl methyl sites for hydroxylation is 3. The van der Waals surface area contributed by atoms with E-state index in [0.717, 1.165) is 66.6 Å². The minimum absolute atomic E-state index is 0.143. The number of piperazine rings is 1. The summed E-state index contributed by atoms with van der Waals surface area (Å²) in [5.74, 6) is 0.143. The fourth-order valence-corrected chi connectivity index (χ4v) is 4.57. The Hall–Kier alpha value is -2.46. The second-order valence-corrected chi connectivity index (χ2v) is 8.12. The monoisotopic (exact) mass is 409 g/mol. The molecule has 2 heterocycles. The molecular formula is C24H28ClN3O. The predicted molar refractivity (Wildman–Crippen MR) is 121 cm³/mol. The largest absolute Gasteiger partial charge is 0.368 e. The summed E-state index contributed by atoms with van der Waals surface area (Å²) in [4.78, 5) is 17.8. The van der Waals surface area contributed by atoms with E-state index in [-0.39, 0.29) is 5.91 Å². The van der Waals surface area contributed by atoms with Crippen LogP contribution in [0.3, 0.4) is 0 Å². The first-order valence-corrected chi connectivity index (χ1v) is 10.8. The van der Waals surface area contributed by atoms with E-state index in [4.69, 9.17) is 11.6 Å². The maximum atomic E-state index is 13.5. The molecule has 4 rings (SSSR count). The lowest BCUT2D eigenvalue weighted by atomic mass is 10.1. The van der Waals surface area contributed by atoms with E-state index in [1.165, 1.54) is 10.9 Å². The van der Waals surface area contributed by atoms with Gasteiger partial charge in [0.05, 0.1) is 0 Å². The summed E-state index contributed by atoms with van der Waals surface area (Å²) in [7, 11) is 0. The van der Waals surface area contributed by atoms with Gasteiger partial charge in [0.1, 0.15) is 5.69 Å². The molecule has 152 valence electrons. The van der Waals surface area contributed by atoms with Crippen molar-refractivity contribution >= 4 is 34.1 Å². The van der Waals surface area contributed by atoms with Gasteiger partial charge >= 0.3 is 0 Å². The van der Waals surface area contributed by atoms with Crippen molar-refractivity contribution in [1.82, 2.24) is 9.47 Å². The highest BCUT2D eigenvalue weighted by Gasteiger charge is 2.27. The van der Waals surface area contributed by atoms with Crippen molar-refractivity contribution in [1.29, 1.82) is 0 Å². The van der Waals surface area contributed by atoms with Gasteiger partial charge in [-0.2, -0.15) is 0 Å². The van der Waals surface area contributed by atoms with Crippen LogP contribution in [-0.2, 0) is 13.0 Å². The molecule has 3 aromatic rings. The lowest BCUT2D eigenvalue weighted by Gasteiger charge is -2.36. The zero-order valence-corrected chi connectivity index (χ0v) is 18.2. The van der Waals surface area contributed by atoms with Crippen molar-refractivity contribution < 1.29 is 4.79 Å². The van der Waals surface area contributed by atoms with E-state index in [0.29, 0.717) is 0 Å². The van der Waals surface area contributed by atoms with Crippen LogP contribution in [-0.4, -0.2) is 41.6 Å². The van der Waals surface area contributed by atoms with Crippen LogP contribution >= 0.6 is 11.6 Å². The van der Waals surface area contributed by atoms with Crippen molar-refractivity contribution in [2.24, 2.45) is 0 Å². The Kier molecular flexibility index (Phi) is 5.55. The van der Waals surface area contributed by atoms with Crippen LogP contribution in [0, 0.1) is 6.92 Å². The van der Waals surface area contributed by atoms with Gasteiger partial charge in [-0.3, -0.25) is 4.79 Å². The number of nitrogens with zero attached hydrogens (tertiary/aromatic N) is 3. The zero-order chi connectivity index (χ0) is 20.5. The van der Waals surface area contributed by atoms with Crippen molar-refractivity contribution in [3.63, 3.8) is 0 Å². The molecule has 5 heteroatoms. The molecular weight excluding hydrogens is 382 g/mol. The van der Waals surface area contributed by atoms with E-state index < -0.39 is 0 Å². The highest BCUT2D eigenvalue weighted by Crippen LogP contribution is 2.29. The Morgan fingerprint density at radius 2 is 1.79 bits per heavy atom. The molecule has 0 radical (unpaired) electrons. The molecule has 1 aromatic heterocycles. The Bertz CT molecular complexity index is 1050. The summed E-state index contributed by atoms with van der Waals surface area (Å²) in [6, 6.07) is 14.5. The van der Waals surface area contributed by atoms with Crippen molar-refractivity contribution in [3.8, 4) is 0 Å². The van der Waals surface area contributed by atoms with Gasteiger partial charge < -0.3 is 14.4 Å². The molecule has 0 atom stereocenters. The van der Waals surface area contributed by atoms with E-state index in [1.54, 1.807) is 0 Å². The van der Waals surface area contributed by atoms with Gasteiger partial charge in [0.15, 0.2) is 0 Å². The molecule has 1 aliphatic rings. The number of amides is 1. The van der Waals surface area contributed by atoms with Gasteiger partial charge in [-0.05, 0) is 61.7 Å². The van der Waals surface area contributed by atoms with Gasteiger partial charge in [-0.25, -0.2) is 0 Å². The lowest BCUT2D eigenvalue weighted by molar-refractivity contribution is 0.0735. The molecule has 0 spiro atoms. The van der Waals surface area contributed by atoms with Crippen LogP contribution < -0.4 is 4.90 Å². The molecule has 1 saturated heterocycles. The minimum atomic E-state index is 0.143. The van der Waals surface area contributed by atoms with Gasteiger partial charge in [0.2, 0.25) is 0 Å². The number of hydrogen-bond acceptors (Lipinski definition) is 2. The van der Waals surface area contributed by atoms with Crippen LogP contribution in [0.4, 0.5) is 5.69 Å². The number of anilines is 1. The number of rotatable bonds is 4. The number of benzene rings is 2. The van der Waals surface area contributed by atoms with Gasteiger partial charge in [-0.15, -0.1) is 0 Å². The number of halogens is 1. The molecule has 4 nitrogen and oxygen atoms in total. The third-order valence-electron chi connectivity index (χ3n) is 6.05. The molecule has 0 unspecified atom stereocenters. The third kappa shape index (κ3) is 3.62. The molecule has 29 heavy (non-hydrogen) atoms. The summed E-state index contributed by atoms with van der Waals surface area (Å²) >= 11 is 6.14. The Labute approximate surface area is 177 Å². The quantitative estimate of drug-likeness (QED) is 0.596. The molecule has 1 fully saturated rings. The van der Waals surface area contributed by atoms with Crippen LogP contribution in [0.1, 0.15) is 35.5 Å². The van der Waals surface area contributed by atoms with E-state index >= 15 is 0 Å². The minimum Gasteiger partial charge on any atom is -0.368 e. The highest BCUT2D eigenvalue weighted by molar-refractivity contribution is 6.30. The summed E-state index contributed by atoms with van der Waals surface area (Å²) in [6.07, 6.45) is 1.00. The van der Waals surface area contributed by atoms with E-state index in [2.05, 4.69) is 54.5 Å². The molecule has 1 amide bonds. The molecule has 0 N–H and O–H groups in total. The Morgan fingerprint density at radius 1 is 1.03 bits per heavy atom. The number of fused-ring (bicyclic) bond motifs is 1. The van der Waals surface area contributed by atoms with Gasteiger partial charge in [0.25, 0.3) is 5.91 Å². The first kappa shape index (κ1) is 19.8. The summed E-state index contributed by atoms with van der Waals surface area (Å²) in [5, 5.41) is 1.95.